The molecule has 0 aliphatic rings. The molecule has 21 heavy (non-hydrogen) atoms. The third kappa shape index (κ3) is 3.45. The molecule has 0 unspecified atom stereocenters. The minimum Gasteiger partial charge on any atom is -0.326 e. The molecular formula is C17H21N3O. The minimum absolute atomic E-state index is 0.0130. The van der Waals surface area contributed by atoms with E-state index in [2.05, 4.69) is 17.2 Å². The molecule has 2 aromatic rings. The monoisotopic (exact) mass is 283 g/mol. The molecule has 2 rings (SSSR count). The molecule has 4 nitrogen and oxygen atoms in total. The van der Waals surface area contributed by atoms with E-state index in [1.165, 1.54) is 0 Å². The van der Waals surface area contributed by atoms with Crippen molar-refractivity contribution in [3.8, 4) is 0 Å². The number of carbonyl (C=O) groups excluding carboxylic acids is 1. The number of amides is 1. The van der Waals surface area contributed by atoms with Crippen molar-refractivity contribution in [2.75, 3.05) is 5.32 Å². The number of benzene rings is 1. The molecule has 0 aliphatic heterocycles. The van der Waals surface area contributed by atoms with Crippen LogP contribution in [-0.2, 0) is 4.79 Å². The summed E-state index contributed by atoms with van der Waals surface area (Å²) in [6.07, 6.45) is 2.16. The van der Waals surface area contributed by atoms with Gasteiger partial charge in [0.15, 0.2) is 0 Å². The van der Waals surface area contributed by atoms with Crippen molar-refractivity contribution in [2.45, 2.75) is 40.0 Å². The summed E-state index contributed by atoms with van der Waals surface area (Å²) in [4.78, 5) is 16.0. The summed E-state index contributed by atoms with van der Waals surface area (Å²) in [5.41, 5.74) is 4.03. The van der Waals surface area contributed by atoms with Gasteiger partial charge in [-0.25, -0.2) is 0 Å². The van der Waals surface area contributed by atoms with Crippen LogP contribution in [0.4, 0.5) is 5.69 Å². The van der Waals surface area contributed by atoms with E-state index in [1.807, 2.05) is 38.1 Å². The summed E-state index contributed by atoms with van der Waals surface area (Å²) >= 11 is 0. The number of nitrogens with one attached hydrogen (secondary N) is 2. The van der Waals surface area contributed by atoms with E-state index in [0.29, 0.717) is 12.1 Å². The molecule has 1 heterocycles. The van der Waals surface area contributed by atoms with Gasteiger partial charge in [0, 0.05) is 34.5 Å². The Balaban J connectivity index is 2.48. The first kappa shape index (κ1) is 15.2. The topological polar surface area (TPSA) is 65.8 Å². The summed E-state index contributed by atoms with van der Waals surface area (Å²) in [5, 5.41) is 12.0. The molecule has 0 atom stereocenters. The number of aryl methyl sites for hydroxylation is 1. The molecule has 4 heteroatoms. The Morgan fingerprint density at radius 3 is 2.71 bits per heavy atom. The third-order valence-electron chi connectivity index (χ3n) is 3.37. The maximum absolute atomic E-state index is 11.5. The zero-order valence-electron chi connectivity index (χ0n) is 12.8. The van der Waals surface area contributed by atoms with E-state index >= 15 is 0 Å². The fraction of sp³-hybridized carbons (Fsp3) is 0.353. The summed E-state index contributed by atoms with van der Waals surface area (Å²) in [6, 6.07) is 7.64. The lowest BCUT2D eigenvalue weighted by atomic mass is 10.0. The van der Waals surface area contributed by atoms with Gasteiger partial charge in [0.05, 0.1) is 5.52 Å². The van der Waals surface area contributed by atoms with Crippen LogP contribution in [0.3, 0.4) is 0 Å². The maximum atomic E-state index is 11.5. The highest BCUT2D eigenvalue weighted by Gasteiger charge is 2.09. The average molecular weight is 283 g/mol. The van der Waals surface area contributed by atoms with Gasteiger partial charge in [0.2, 0.25) is 5.91 Å². The highest BCUT2D eigenvalue weighted by atomic mass is 16.1. The molecule has 0 saturated heterocycles. The van der Waals surface area contributed by atoms with Crippen LogP contribution in [0.25, 0.3) is 10.9 Å². The number of hydrogen-bond acceptors (Lipinski definition) is 3. The van der Waals surface area contributed by atoms with Gasteiger partial charge in [-0.15, -0.1) is 0 Å². The van der Waals surface area contributed by atoms with Gasteiger partial charge in [-0.3, -0.25) is 9.78 Å². The lowest BCUT2D eigenvalue weighted by Gasteiger charge is -2.11. The second-order valence-electron chi connectivity index (χ2n) is 5.17. The van der Waals surface area contributed by atoms with Crippen molar-refractivity contribution in [3.63, 3.8) is 0 Å². The predicted octanol–water partition coefficient (Wildman–Crippen LogP) is 4.06. The molecule has 1 amide bonds. The van der Waals surface area contributed by atoms with Gasteiger partial charge in [0.1, 0.15) is 0 Å². The number of rotatable bonds is 5. The molecule has 1 aromatic carbocycles. The Kier molecular flexibility index (Phi) is 4.68. The fourth-order valence-corrected chi connectivity index (χ4v) is 2.32. The lowest BCUT2D eigenvalue weighted by Crippen LogP contribution is -2.09. The predicted molar refractivity (Wildman–Crippen MR) is 87.1 cm³/mol. The first-order chi connectivity index (χ1) is 10.0. The number of anilines is 1. The Morgan fingerprint density at radius 1 is 1.29 bits per heavy atom. The van der Waals surface area contributed by atoms with Gasteiger partial charge in [-0.05, 0) is 31.5 Å². The molecule has 110 valence electrons. The maximum Gasteiger partial charge on any atom is 0.224 e. The summed E-state index contributed by atoms with van der Waals surface area (Å²) < 4.78 is 0. The number of nitrogens with zero attached hydrogens (tertiary/aromatic N) is 1. The highest BCUT2D eigenvalue weighted by molar-refractivity contribution is 6.09. The van der Waals surface area contributed by atoms with Crippen LogP contribution in [0.1, 0.15) is 44.4 Å². The van der Waals surface area contributed by atoms with Crippen molar-refractivity contribution < 1.29 is 4.79 Å². The minimum atomic E-state index is -0.0130. The van der Waals surface area contributed by atoms with Crippen molar-refractivity contribution in [2.24, 2.45) is 0 Å². The molecule has 0 saturated carbocycles. The largest absolute Gasteiger partial charge is 0.326 e. The first-order valence-corrected chi connectivity index (χ1v) is 7.34. The van der Waals surface area contributed by atoms with E-state index in [-0.39, 0.29) is 5.91 Å². The molecular weight excluding hydrogens is 262 g/mol. The third-order valence-corrected chi connectivity index (χ3v) is 3.37. The summed E-state index contributed by atoms with van der Waals surface area (Å²) in [7, 11) is 0. The fourth-order valence-electron chi connectivity index (χ4n) is 2.32. The van der Waals surface area contributed by atoms with E-state index in [4.69, 9.17) is 5.41 Å². The molecule has 2 N–H and O–H groups in total. The van der Waals surface area contributed by atoms with Crippen molar-refractivity contribution in [3.05, 3.63) is 35.5 Å². The standard InChI is InChI=1S/C17H21N3O/c1-4-6-15(18)14-9-11(3)19-16-10-12(7-8-13(14)16)20-17(21)5-2/h7-10,18H,4-6H2,1-3H3,(H,20,21). The molecule has 0 fully saturated rings. The van der Waals surface area contributed by atoms with Gasteiger partial charge >= 0.3 is 0 Å². The Labute approximate surface area is 125 Å². The van der Waals surface area contributed by atoms with Crippen molar-refractivity contribution in [1.82, 2.24) is 4.98 Å². The Bertz CT molecular complexity index is 692. The second-order valence-corrected chi connectivity index (χ2v) is 5.17. The second kappa shape index (κ2) is 6.48. The zero-order valence-corrected chi connectivity index (χ0v) is 12.8. The SMILES string of the molecule is CCCC(=N)c1cc(C)nc2cc(NC(=O)CC)ccc12. The lowest BCUT2D eigenvalue weighted by molar-refractivity contribution is -0.115. The van der Waals surface area contributed by atoms with Gasteiger partial charge in [-0.2, -0.15) is 0 Å². The molecule has 0 bridgehead atoms. The number of pyridine rings is 1. The Hall–Kier alpha value is -2.23. The van der Waals surface area contributed by atoms with E-state index in [1.54, 1.807) is 0 Å². The average Bonchev–Trinajstić information content (AvgIpc) is 2.46. The van der Waals surface area contributed by atoms with Gasteiger partial charge in [-0.1, -0.05) is 26.3 Å². The summed E-state index contributed by atoms with van der Waals surface area (Å²) in [6.45, 7) is 5.82. The van der Waals surface area contributed by atoms with Gasteiger partial charge in [0.25, 0.3) is 0 Å². The van der Waals surface area contributed by atoms with Crippen LogP contribution in [0.5, 0.6) is 0 Å². The quantitative estimate of drug-likeness (QED) is 0.813. The van der Waals surface area contributed by atoms with E-state index < -0.39 is 0 Å². The smallest absolute Gasteiger partial charge is 0.224 e. The normalized spacial score (nSPS) is 10.6. The van der Waals surface area contributed by atoms with Crippen LogP contribution in [-0.4, -0.2) is 16.6 Å². The van der Waals surface area contributed by atoms with E-state index in [9.17, 15) is 4.79 Å². The molecule has 1 aromatic heterocycles. The number of fused-ring (bicyclic) bond motifs is 1. The van der Waals surface area contributed by atoms with E-state index in [0.717, 1.165) is 40.7 Å². The molecule has 0 spiro atoms. The van der Waals surface area contributed by atoms with Crippen LogP contribution >= 0.6 is 0 Å². The number of hydrogen-bond donors (Lipinski definition) is 2. The van der Waals surface area contributed by atoms with Crippen LogP contribution in [0.15, 0.2) is 24.3 Å². The number of aromatic nitrogens is 1. The van der Waals surface area contributed by atoms with Crippen LogP contribution in [0, 0.1) is 12.3 Å². The highest BCUT2D eigenvalue weighted by Crippen LogP contribution is 2.23. The first-order valence-electron chi connectivity index (χ1n) is 7.34. The zero-order chi connectivity index (χ0) is 15.4. The molecule has 0 aliphatic carbocycles. The van der Waals surface area contributed by atoms with Crippen LogP contribution in [0.2, 0.25) is 0 Å². The van der Waals surface area contributed by atoms with Gasteiger partial charge < -0.3 is 10.7 Å². The summed E-state index contributed by atoms with van der Waals surface area (Å²) in [5.74, 6) is -0.0130. The Morgan fingerprint density at radius 2 is 2.05 bits per heavy atom. The van der Waals surface area contributed by atoms with Crippen LogP contribution < -0.4 is 5.32 Å². The van der Waals surface area contributed by atoms with Crippen molar-refractivity contribution >= 4 is 28.2 Å². The molecule has 0 radical (unpaired) electrons. The number of carbonyl (C=O) groups is 1. The van der Waals surface area contributed by atoms with Crippen molar-refractivity contribution in [1.29, 1.82) is 5.41 Å².